The minimum absolute atomic E-state index is 0.210. The Morgan fingerprint density at radius 3 is 3.06 bits per heavy atom. The summed E-state index contributed by atoms with van der Waals surface area (Å²) in [5.74, 6) is -0.271. The second-order valence-electron chi connectivity index (χ2n) is 4.38. The van der Waals surface area contributed by atoms with Crippen molar-refractivity contribution in [2.24, 2.45) is 0 Å². The summed E-state index contributed by atoms with van der Waals surface area (Å²) in [6.07, 6.45) is 4.41. The second kappa shape index (κ2) is 6.36. The summed E-state index contributed by atoms with van der Waals surface area (Å²) < 4.78 is 24.3. The maximum atomic E-state index is 13.5. The molecular weight excluding hydrogens is 233 g/mol. The molecule has 0 aromatic heterocycles. The molecule has 3 nitrogen and oxygen atoms in total. The fourth-order valence-electron chi connectivity index (χ4n) is 2.05. The van der Waals surface area contributed by atoms with Crippen LogP contribution in [0.4, 0.5) is 4.39 Å². The van der Waals surface area contributed by atoms with Gasteiger partial charge in [0, 0.05) is 6.61 Å². The summed E-state index contributed by atoms with van der Waals surface area (Å²) in [5, 5.41) is 8.62. The molecule has 1 atom stereocenters. The predicted octanol–water partition coefficient (Wildman–Crippen LogP) is 3.04. The number of nitriles is 1. The topological polar surface area (TPSA) is 42.2 Å². The summed E-state index contributed by atoms with van der Waals surface area (Å²) in [5.41, 5.74) is 0.305. The van der Waals surface area contributed by atoms with Gasteiger partial charge in [0.2, 0.25) is 0 Å². The fourth-order valence-corrected chi connectivity index (χ4v) is 2.05. The molecule has 1 aliphatic rings. The molecule has 0 saturated carbocycles. The molecule has 96 valence electrons. The molecular formula is C14H16FNO2. The first kappa shape index (κ1) is 12.8. The third-order valence-electron chi connectivity index (χ3n) is 3.01. The minimum Gasteiger partial charge on any atom is -0.491 e. The lowest BCUT2D eigenvalue weighted by molar-refractivity contribution is 0.0979. The third kappa shape index (κ3) is 3.44. The van der Waals surface area contributed by atoms with E-state index < -0.39 is 5.82 Å². The van der Waals surface area contributed by atoms with Gasteiger partial charge < -0.3 is 9.47 Å². The van der Waals surface area contributed by atoms with Crippen molar-refractivity contribution >= 4 is 0 Å². The monoisotopic (exact) mass is 249 g/mol. The zero-order chi connectivity index (χ0) is 12.8. The Morgan fingerprint density at radius 2 is 2.39 bits per heavy atom. The van der Waals surface area contributed by atoms with Gasteiger partial charge in [-0.25, -0.2) is 4.39 Å². The Morgan fingerprint density at radius 1 is 1.50 bits per heavy atom. The van der Waals surface area contributed by atoms with Gasteiger partial charge in [-0.3, -0.25) is 0 Å². The van der Waals surface area contributed by atoms with Crippen LogP contribution in [0.3, 0.4) is 0 Å². The lowest BCUT2D eigenvalue weighted by atomic mass is 10.1. The maximum absolute atomic E-state index is 13.5. The van der Waals surface area contributed by atoms with Crippen molar-refractivity contribution in [3.63, 3.8) is 0 Å². The standard InChI is InChI=1S/C14H16FNO2/c15-13-9-11(10-16)5-6-14(13)18-8-2-4-12-3-1-7-17-12/h5-6,9,12H,1-4,7-8H2. The van der Waals surface area contributed by atoms with Gasteiger partial charge in [-0.1, -0.05) is 0 Å². The minimum atomic E-state index is -0.480. The molecule has 0 amide bonds. The number of benzene rings is 1. The molecule has 1 heterocycles. The van der Waals surface area contributed by atoms with Gasteiger partial charge in [0.15, 0.2) is 11.6 Å². The van der Waals surface area contributed by atoms with E-state index in [0.29, 0.717) is 18.3 Å². The Bertz CT molecular complexity index is 436. The molecule has 0 N–H and O–H groups in total. The highest BCUT2D eigenvalue weighted by atomic mass is 19.1. The lowest BCUT2D eigenvalue weighted by Crippen LogP contribution is -2.08. The first-order valence-electron chi connectivity index (χ1n) is 6.23. The van der Waals surface area contributed by atoms with E-state index in [-0.39, 0.29) is 5.75 Å². The Hall–Kier alpha value is -1.60. The van der Waals surface area contributed by atoms with Crippen molar-refractivity contribution in [1.82, 2.24) is 0 Å². The molecule has 0 aliphatic carbocycles. The van der Waals surface area contributed by atoms with Crippen molar-refractivity contribution < 1.29 is 13.9 Å². The number of rotatable bonds is 5. The van der Waals surface area contributed by atoms with Crippen LogP contribution in [0.1, 0.15) is 31.2 Å². The molecule has 0 radical (unpaired) electrons. The van der Waals surface area contributed by atoms with Gasteiger partial charge in [-0.2, -0.15) is 5.26 Å². The lowest BCUT2D eigenvalue weighted by Gasteiger charge is -2.10. The molecule has 4 heteroatoms. The van der Waals surface area contributed by atoms with Crippen molar-refractivity contribution in [3.8, 4) is 11.8 Å². The number of ether oxygens (including phenoxy) is 2. The van der Waals surface area contributed by atoms with Crippen molar-refractivity contribution in [2.45, 2.75) is 31.8 Å². The van der Waals surface area contributed by atoms with Crippen LogP contribution in [0, 0.1) is 17.1 Å². The van der Waals surface area contributed by atoms with Crippen LogP contribution < -0.4 is 4.74 Å². The van der Waals surface area contributed by atoms with E-state index in [0.717, 1.165) is 32.3 Å². The van der Waals surface area contributed by atoms with Gasteiger partial charge in [0.1, 0.15) is 0 Å². The van der Waals surface area contributed by atoms with Crippen LogP contribution in [0.2, 0.25) is 0 Å². The van der Waals surface area contributed by atoms with Gasteiger partial charge in [-0.05, 0) is 43.9 Å². The first-order valence-corrected chi connectivity index (χ1v) is 6.23. The third-order valence-corrected chi connectivity index (χ3v) is 3.01. The summed E-state index contributed by atoms with van der Waals surface area (Å²) in [7, 11) is 0. The quantitative estimate of drug-likeness (QED) is 0.753. The van der Waals surface area contributed by atoms with E-state index >= 15 is 0 Å². The number of hydrogen-bond acceptors (Lipinski definition) is 3. The first-order chi connectivity index (χ1) is 8.79. The number of hydrogen-bond donors (Lipinski definition) is 0. The largest absolute Gasteiger partial charge is 0.491 e. The van der Waals surface area contributed by atoms with Crippen LogP contribution in [0.5, 0.6) is 5.75 Å². The fraction of sp³-hybridized carbons (Fsp3) is 0.500. The Balaban J connectivity index is 1.74. The molecule has 1 aromatic rings. The average Bonchev–Trinajstić information content (AvgIpc) is 2.89. The highest BCUT2D eigenvalue weighted by Crippen LogP contribution is 2.20. The van der Waals surface area contributed by atoms with E-state index in [1.165, 1.54) is 12.1 Å². The van der Waals surface area contributed by atoms with Crippen LogP contribution in [-0.4, -0.2) is 19.3 Å². The SMILES string of the molecule is N#Cc1ccc(OCCCC2CCCO2)c(F)c1. The van der Waals surface area contributed by atoms with Gasteiger partial charge >= 0.3 is 0 Å². The average molecular weight is 249 g/mol. The van der Waals surface area contributed by atoms with Crippen LogP contribution in [0.15, 0.2) is 18.2 Å². The number of halogens is 1. The van der Waals surface area contributed by atoms with Crippen molar-refractivity contribution in [3.05, 3.63) is 29.6 Å². The molecule has 0 spiro atoms. The smallest absolute Gasteiger partial charge is 0.166 e. The van der Waals surface area contributed by atoms with Crippen LogP contribution in [-0.2, 0) is 4.74 Å². The van der Waals surface area contributed by atoms with Gasteiger partial charge in [-0.15, -0.1) is 0 Å². The Labute approximate surface area is 106 Å². The molecule has 1 saturated heterocycles. The summed E-state index contributed by atoms with van der Waals surface area (Å²) >= 11 is 0. The summed E-state index contributed by atoms with van der Waals surface area (Å²) in [4.78, 5) is 0. The molecule has 0 bridgehead atoms. The zero-order valence-corrected chi connectivity index (χ0v) is 10.2. The van der Waals surface area contributed by atoms with Crippen molar-refractivity contribution in [1.29, 1.82) is 5.26 Å². The van der Waals surface area contributed by atoms with E-state index in [2.05, 4.69) is 0 Å². The molecule has 1 aliphatic heterocycles. The molecule has 1 aromatic carbocycles. The molecule has 18 heavy (non-hydrogen) atoms. The van der Waals surface area contributed by atoms with E-state index in [9.17, 15) is 4.39 Å². The molecule has 1 unspecified atom stereocenters. The van der Waals surface area contributed by atoms with E-state index in [1.54, 1.807) is 6.07 Å². The van der Waals surface area contributed by atoms with E-state index in [1.807, 2.05) is 6.07 Å². The highest BCUT2D eigenvalue weighted by molar-refractivity contribution is 5.35. The van der Waals surface area contributed by atoms with Crippen molar-refractivity contribution in [2.75, 3.05) is 13.2 Å². The summed E-state index contributed by atoms with van der Waals surface area (Å²) in [6, 6.07) is 6.13. The Kier molecular flexibility index (Phi) is 4.54. The highest BCUT2D eigenvalue weighted by Gasteiger charge is 2.14. The van der Waals surface area contributed by atoms with Gasteiger partial charge in [0.25, 0.3) is 0 Å². The van der Waals surface area contributed by atoms with E-state index in [4.69, 9.17) is 14.7 Å². The number of nitrogens with zero attached hydrogens (tertiary/aromatic N) is 1. The maximum Gasteiger partial charge on any atom is 0.166 e. The zero-order valence-electron chi connectivity index (χ0n) is 10.2. The predicted molar refractivity (Wildman–Crippen MR) is 64.8 cm³/mol. The normalized spacial score (nSPS) is 18.6. The van der Waals surface area contributed by atoms with Crippen LogP contribution in [0.25, 0.3) is 0 Å². The summed E-state index contributed by atoms with van der Waals surface area (Å²) in [6.45, 7) is 1.33. The molecule has 1 fully saturated rings. The second-order valence-corrected chi connectivity index (χ2v) is 4.38. The van der Waals surface area contributed by atoms with Crippen LogP contribution >= 0.6 is 0 Å². The van der Waals surface area contributed by atoms with Gasteiger partial charge in [0.05, 0.1) is 24.3 Å². The molecule has 2 rings (SSSR count).